The average Bonchev–Trinajstić information content (AvgIpc) is 2.55. The predicted octanol–water partition coefficient (Wildman–Crippen LogP) is 0.718. The standard InChI is InChI=1S/C16H19N3O4S/c1-3-17-16-19(4-2)13(20)9-12(24-16)14(21)18-11-7-5-10(6-8-11)15(22)23/h5-8,12H,3-4,9H2,1-2H3,(H,18,21)(H,22,23)/p-1/t12-/m1/s1. The van der Waals surface area contributed by atoms with Gasteiger partial charge >= 0.3 is 0 Å². The van der Waals surface area contributed by atoms with E-state index in [1.54, 1.807) is 4.90 Å². The number of anilines is 1. The Morgan fingerprint density at radius 3 is 2.54 bits per heavy atom. The van der Waals surface area contributed by atoms with Crippen molar-refractivity contribution in [3.05, 3.63) is 29.8 Å². The van der Waals surface area contributed by atoms with Crippen LogP contribution < -0.4 is 10.4 Å². The lowest BCUT2D eigenvalue weighted by atomic mass is 10.2. The number of aromatic carboxylic acids is 1. The van der Waals surface area contributed by atoms with Crippen LogP contribution in [0.2, 0.25) is 0 Å². The van der Waals surface area contributed by atoms with E-state index in [0.29, 0.717) is 23.9 Å². The third kappa shape index (κ3) is 4.14. The van der Waals surface area contributed by atoms with E-state index >= 15 is 0 Å². The number of hydrogen-bond acceptors (Lipinski definition) is 6. The topological polar surface area (TPSA) is 102 Å². The molecule has 8 heteroatoms. The summed E-state index contributed by atoms with van der Waals surface area (Å²) in [7, 11) is 0. The Hall–Kier alpha value is -2.35. The van der Waals surface area contributed by atoms with Gasteiger partial charge in [0, 0.05) is 25.2 Å². The normalized spacial score (nSPS) is 19.4. The Morgan fingerprint density at radius 2 is 2.00 bits per heavy atom. The average molecular weight is 348 g/mol. The van der Waals surface area contributed by atoms with Crippen molar-refractivity contribution in [2.45, 2.75) is 25.5 Å². The zero-order valence-corrected chi connectivity index (χ0v) is 14.3. The van der Waals surface area contributed by atoms with Crippen LogP contribution >= 0.6 is 11.8 Å². The Balaban J connectivity index is 2.08. The summed E-state index contributed by atoms with van der Waals surface area (Å²) in [6, 6.07) is 5.68. The number of amides is 2. The summed E-state index contributed by atoms with van der Waals surface area (Å²) in [6.45, 7) is 4.78. The molecule has 0 aromatic heterocycles. The number of rotatable bonds is 5. The monoisotopic (exact) mass is 348 g/mol. The molecule has 128 valence electrons. The number of carbonyl (C=O) groups excluding carboxylic acids is 3. The zero-order valence-electron chi connectivity index (χ0n) is 13.4. The van der Waals surface area contributed by atoms with Gasteiger partial charge in [-0.25, -0.2) is 0 Å². The van der Waals surface area contributed by atoms with Gasteiger partial charge in [0.05, 0.1) is 5.97 Å². The molecular formula is C16H18N3O4S-. The van der Waals surface area contributed by atoms with Crippen molar-refractivity contribution in [3.8, 4) is 0 Å². The largest absolute Gasteiger partial charge is 0.545 e. The van der Waals surface area contributed by atoms with Gasteiger partial charge in [0.2, 0.25) is 11.8 Å². The molecule has 0 unspecified atom stereocenters. The molecule has 2 rings (SSSR count). The second-order valence-electron chi connectivity index (χ2n) is 5.06. The number of carboxylic acid groups (broad SMARTS) is 1. The van der Waals surface area contributed by atoms with Gasteiger partial charge in [0.15, 0.2) is 5.17 Å². The summed E-state index contributed by atoms with van der Waals surface area (Å²) in [5, 5.41) is 13.4. The van der Waals surface area contributed by atoms with Crippen molar-refractivity contribution in [1.82, 2.24) is 4.90 Å². The number of thioether (sulfide) groups is 1. The van der Waals surface area contributed by atoms with Crippen LogP contribution in [0.1, 0.15) is 30.6 Å². The minimum atomic E-state index is -1.28. The van der Waals surface area contributed by atoms with Gasteiger partial charge in [0.25, 0.3) is 0 Å². The van der Waals surface area contributed by atoms with Gasteiger partial charge in [-0.15, -0.1) is 0 Å². The molecule has 0 spiro atoms. The number of benzene rings is 1. The maximum atomic E-state index is 12.4. The molecule has 2 amide bonds. The number of aliphatic imine (C=N–C) groups is 1. The van der Waals surface area contributed by atoms with Crippen LogP contribution in [0.3, 0.4) is 0 Å². The Labute approximate surface area is 144 Å². The Kier molecular flexibility index (Phi) is 5.97. The second kappa shape index (κ2) is 7.96. The lowest BCUT2D eigenvalue weighted by molar-refractivity contribution is -0.255. The summed E-state index contributed by atoms with van der Waals surface area (Å²) >= 11 is 1.27. The molecule has 0 saturated carbocycles. The second-order valence-corrected chi connectivity index (χ2v) is 6.23. The summed E-state index contributed by atoms with van der Waals surface area (Å²) in [4.78, 5) is 41.2. The van der Waals surface area contributed by atoms with Crippen molar-refractivity contribution in [2.75, 3.05) is 18.4 Å². The molecule has 24 heavy (non-hydrogen) atoms. The zero-order chi connectivity index (χ0) is 17.7. The van der Waals surface area contributed by atoms with Gasteiger partial charge in [0.1, 0.15) is 5.25 Å². The molecule has 7 nitrogen and oxygen atoms in total. The van der Waals surface area contributed by atoms with E-state index in [0.717, 1.165) is 0 Å². The molecule has 0 radical (unpaired) electrons. The molecule has 1 aromatic rings. The Bertz CT molecular complexity index is 672. The third-order valence-electron chi connectivity index (χ3n) is 3.43. The lowest BCUT2D eigenvalue weighted by Crippen LogP contribution is -2.45. The molecule has 0 aliphatic carbocycles. The smallest absolute Gasteiger partial charge is 0.238 e. The van der Waals surface area contributed by atoms with Gasteiger partial charge in [-0.1, -0.05) is 23.9 Å². The highest BCUT2D eigenvalue weighted by Gasteiger charge is 2.34. The lowest BCUT2D eigenvalue weighted by Gasteiger charge is -2.30. The van der Waals surface area contributed by atoms with Crippen LogP contribution in [0.4, 0.5) is 5.69 Å². The first kappa shape index (κ1) is 18.0. The highest BCUT2D eigenvalue weighted by Crippen LogP contribution is 2.27. The molecule has 1 N–H and O–H groups in total. The van der Waals surface area contributed by atoms with E-state index < -0.39 is 11.2 Å². The van der Waals surface area contributed by atoms with Crippen molar-refractivity contribution in [3.63, 3.8) is 0 Å². The molecule has 1 atom stereocenters. The van der Waals surface area contributed by atoms with Crippen molar-refractivity contribution >= 4 is 40.4 Å². The first-order valence-electron chi connectivity index (χ1n) is 7.60. The predicted molar refractivity (Wildman–Crippen MR) is 90.8 cm³/mol. The maximum absolute atomic E-state index is 12.4. The van der Waals surface area contributed by atoms with E-state index in [-0.39, 0.29) is 23.8 Å². The number of amidine groups is 1. The van der Waals surface area contributed by atoms with E-state index in [9.17, 15) is 19.5 Å². The fourth-order valence-corrected chi connectivity index (χ4v) is 3.44. The fraction of sp³-hybridized carbons (Fsp3) is 0.375. The van der Waals surface area contributed by atoms with E-state index in [2.05, 4.69) is 10.3 Å². The first-order valence-corrected chi connectivity index (χ1v) is 8.48. The molecular weight excluding hydrogens is 330 g/mol. The Morgan fingerprint density at radius 1 is 1.33 bits per heavy atom. The van der Waals surface area contributed by atoms with Crippen LogP contribution in [-0.2, 0) is 9.59 Å². The summed E-state index contributed by atoms with van der Waals surface area (Å²) in [6.07, 6.45) is 0.101. The summed E-state index contributed by atoms with van der Waals surface area (Å²) in [5.41, 5.74) is 0.496. The molecule has 1 fully saturated rings. The highest BCUT2D eigenvalue weighted by molar-refractivity contribution is 8.15. The quantitative estimate of drug-likeness (QED) is 0.845. The molecule has 0 bridgehead atoms. The van der Waals surface area contributed by atoms with Gasteiger partial charge < -0.3 is 15.2 Å². The molecule has 1 aliphatic rings. The number of nitrogens with zero attached hydrogens (tertiary/aromatic N) is 2. The van der Waals surface area contributed by atoms with Gasteiger partial charge in [-0.3, -0.25) is 19.5 Å². The van der Waals surface area contributed by atoms with Crippen LogP contribution in [0, 0.1) is 0 Å². The number of nitrogens with one attached hydrogen (secondary N) is 1. The number of carboxylic acids is 1. The van der Waals surface area contributed by atoms with E-state index in [1.807, 2.05) is 13.8 Å². The molecule has 1 aromatic carbocycles. The van der Waals surface area contributed by atoms with Crippen LogP contribution in [-0.4, -0.2) is 46.2 Å². The maximum Gasteiger partial charge on any atom is 0.238 e. The van der Waals surface area contributed by atoms with Crippen LogP contribution in [0.25, 0.3) is 0 Å². The van der Waals surface area contributed by atoms with Crippen molar-refractivity contribution < 1.29 is 19.5 Å². The fourth-order valence-electron chi connectivity index (χ4n) is 2.24. The van der Waals surface area contributed by atoms with E-state index in [4.69, 9.17) is 0 Å². The SMILES string of the molecule is CCN=C1S[C@@H](C(=O)Nc2ccc(C(=O)[O-])cc2)CC(=O)N1CC. The number of hydrogen-bond donors (Lipinski definition) is 1. The number of carbonyl (C=O) groups is 3. The molecule has 1 aliphatic heterocycles. The van der Waals surface area contributed by atoms with Crippen LogP contribution in [0.15, 0.2) is 29.3 Å². The molecule has 1 heterocycles. The van der Waals surface area contributed by atoms with Gasteiger partial charge in [-0.2, -0.15) is 0 Å². The first-order chi connectivity index (χ1) is 11.5. The highest BCUT2D eigenvalue weighted by atomic mass is 32.2. The van der Waals surface area contributed by atoms with Crippen LogP contribution in [0.5, 0.6) is 0 Å². The summed E-state index contributed by atoms with van der Waals surface area (Å²) < 4.78 is 0. The summed E-state index contributed by atoms with van der Waals surface area (Å²) in [5.74, 6) is -1.72. The minimum absolute atomic E-state index is 0.0335. The minimum Gasteiger partial charge on any atom is -0.545 e. The van der Waals surface area contributed by atoms with Gasteiger partial charge in [-0.05, 0) is 31.5 Å². The third-order valence-corrected chi connectivity index (χ3v) is 4.66. The van der Waals surface area contributed by atoms with Crippen molar-refractivity contribution in [1.29, 1.82) is 0 Å². The van der Waals surface area contributed by atoms with E-state index in [1.165, 1.54) is 36.0 Å². The molecule has 1 saturated heterocycles. The van der Waals surface area contributed by atoms with Crippen molar-refractivity contribution in [2.24, 2.45) is 4.99 Å².